The lowest BCUT2D eigenvalue weighted by atomic mass is 9.95. The van der Waals surface area contributed by atoms with Crippen LogP contribution in [0.5, 0.6) is 0 Å². The van der Waals surface area contributed by atoms with Crippen LogP contribution in [-0.2, 0) is 9.59 Å². The lowest BCUT2D eigenvalue weighted by Crippen LogP contribution is -2.39. The Balaban J connectivity index is 1.52. The van der Waals surface area contributed by atoms with Gasteiger partial charge in [-0.2, -0.15) is 0 Å². The summed E-state index contributed by atoms with van der Waals surface area (Å²) < 4.78 is 5.72. The lowest BCUT2D eigenvalue weighted by molar-refractivity contribution is -0.124. The van der Waals surface area contributed by atoms with Gasteiger partial charge in [0.15, 0.2) is 0 Å². The lowest BCUT2D eigenvalue weighted by Gasteiger charge is -2.23. The number of carbonyl (C=O) groups excluding carboxylic acids is 2. The number of furan rings is 1. The van der Waals surface area contributed by atoms with E-state index < -0.39 is 0 Å². The van der Waals surface area contributed by atoms with Crippen LogP contribution in [0, 0.1) is 0 Å². The van der Waals surface area contributed by atoms with Crippen LogP contribution in [0.3, 0.4) is 0 Å². The van der Waals surface area contributed by atoms with Crippen molar-refractivity contribution in [2.75, 3.05) is 6.54 Å². The van der Waals surface area contributed by atoms with Gasteiger partial charge in [-0.3, -0.25) is 14.5 Å². The summed E-state index contributed by atoms with van der Waals surface area (Å²) in [4.78, 5) is 26.5. The molecule has 0 unspecified atom stereocenters. The van der Waals surface area contributed by atoms with Crippen molar-refractivity contribution in [1.82, 2.24) is 10.2 Å². The average molecular weight is 364 g/mol. The van der Waals surface area contributed by atoms with E-state index in [9.17, 15) is 9.59 Å². The largest absolute Gasteiger partial charge is 0.465 e. The summed E-state index contributed by atoms with van der Waals surface area (Å²) >= 11 is 6.51. The molecule has 5 nitrogen and oxygen atoms in total. The maximum absolute atomic E-state index is 12.4. The van der Waals surface area contributed by atoms with Crippen molar-refractivity contribution < 1.29 is 14.0 Å². The smallest absolute Gasteiger partial charge is 0.266 e. The van der Waals surface area contributed by atoms with Crippen molar-refractivity contribution in [3.05, 3.63) is 29.1 Å². The van der Waals surface area contributed by atoms with Crippen molar-refractivity contribution in [3.8, 4) is 0 Å². The van der Waals surface area contributed by atoms with Gasteiger partial charge in [0.05, 0.1) is 11.2 Å². The standard InChI is InChI=1S/C17H20N2O3S2/c20-15(18-12-5-2-1-3-6-12)8-9-19-16(21)14(24-17(19)23)11-13-7-4-10-22-13/h4,7,10-12H,1-3,5-6,8-9H2,(H,18,20)/b14-11+. The molecule has 3 rings (SSSR count). The minimum atomic E-state index is -0.160. The first-order chi connectivity index (χ1) is 11.6. The molecule has 2 amide bonds. The molecule has 1 aromatic rings. The molecule has 1 N–H and O–H groups in total. The summed E-state index contributed by atoms with van der Waals surface area (Å²) in [6.07, 6.45) is 9.23. The van der Waals surface area contributed by atoms with E-state index >= 15 is 0 Å². The van der Waals surface area contributed by atoms with Crippen LogP contribution in [-0.4, -0.2) is 33.6 Å². The molecular formula is C17H20N2O3S2. The molecular weight excluding hydrogens is 344 g/mol. The van der Waals surface area contributed by atoms with Crippen LogP contribution in [0.25, 0.3) is 6.08 Å². The Morgan fingerprint density at radius 3 is 2.92 bits per heavy atom. The third-order valence-electron chi connectivity index (χ3n) is 4.22. The van der Waals surface area contributed by atoms with E-state index in [-0.39, 0.29) is 24.3 Å². The Labute approximate surface area is 150 Å². The fraction of sp³-hybridized carbons (Fsp3) is 0.471. The second-order valence-electron chi connectivity index (χ2n) is 6.00. The van der Waals surface area contributed by atoms with Crippen LogP contribution in [0.2, 0.25) is 0 Å². The number of hydrogen-bond acceptors (Lipinski definition) is 5. The highest BCUT2D eigenvalue weighted by atomic mass is 32.2. The van der Waals surface area contributed by atoms with Gasteiger partial charge in [-0.25, -0.2) is 0 Å². The van der Waals surface area contributed by atoms with Crippen molar-refractivity contribution in [2.45, 2.75) is 44.6 Å². The monoisotopic (exact) mass is 364 g/mol. The third-order valence-corrected chi connectivity index (χ3v) is 5.60. The van der Waals surface area contributed by atoms with E-state index in [2.05, 4.69) is 5.32 Å². The zero-order valence-corrected chi connectivity index (χ0v) is 15.0. The molecule has 2 heterocycles. The minimum absolute atomic E-state index is 0.00837. The Bertz CT molecular complexity index is 649. The van der Waals surface area contributed by atoms with E-state index in [1.54, 1.807) is 24.5 Å². The SMILES string of the molecule is O=C(CCN1C(=O)/C(=C\c2ccco2)SC1=S)NC1CCCCC1. The quantitative estimate of drug-likeness (QED) is 0.641. The summed E-state index contributed by atoms with van der Waals surface area (Å²) in [6.45, 7) is 0.318. The molecule has 1 aliphatic heterocycles. The van der Waals surface area contributed by atoms with Gasteiger partial charge in [-0.05, 0) is 25.0 Å². The van der Waals surface area contributed by atoms with E-state index in [1.807, 2.05) is 0 Å². The van der Waals surface area contributed by atoms with Gasteiger partial charge in [-0.1, -0.05) is 43.2 Å². The fourth-order valence-electron chi connectivity index (χ4n) is 2.96. The van der Waals surface area contributed by atoms with Gasteiger partial charge in [0.2, 0.25) is 5.91 Å². The molecule has 1 aliphatic carbocycles. The van der Waals surface area contributed by atoms with Crippen molar-refractivity contribution in [2.24, 2.45) is 0 Å². The van der Waals surface area contributed by atoms with Crippen LogP contribution >= 0.6 is 24.0 Å². The van der Waals surface area contributed by atoms with Crippen molar-refractivity contribution >= 4 is 46.2 Å². The first-order valence-electron chi connectivity index (χ1n) is 8.22. The van der Waals surface area contributed by atoms with E-state index in [0.717, 1.165) is 12.8 Å². The van der Waals surface area contributed by atoms with E-state index in [1.165, 1.54) is 35.9 Å². The summed E-state index contributed by atoms with van der Waals surface area (Å²) in [5, 5.41) is 3.06. The molecule has 0 aromatic carbocycles. The molecule has 2 aliphatic rings. The molecule has 0 atom stereocenters. The number of thiocarbonyl (C=S) groups is 1. The molecule has 1 saturated carbocycles. The maximum Gasteiger partial charge on any atom is 0.266 e. The summed E-state index contributed by atoms with van der Waals surface area (Å²) in [5.74, 6) is 0.448. The highest BCUT2D eigenvalue weighted by Crippen LogP contribution is 2.32. The van der Waals surface area contributed by atoms with E-state index in [0.29, 0.717) is 21.5 Å². The Hall–Kier alpha value is -1.60. The second-order valence-corrected chi connectivity index (χ2v) is 7.68. The molecule has 1 saturated heterocycles. The van der Waals surface area contributed by atoms with E-state index in [4.69, 9.17) is 16.6 Å². The Kier molecular flexibility index (Phi) is 5.73. The number of thioether (sulfide) groups is 1. The van der Waals surface area contributed by atoms with Crippen LogP contribution in [0.15, 0.2) is 27.7 Å². The van der Waals surface area contributed by atoms with Gasteiger partial charge in [0.25, 0.3) is 5.91 Å². The number of carbonyl (C=O) groups is 2. The number of nitrogens with zero attached hydrogens (tertiary/aromatic N) is 1. The molecule has 1 aromatic heterocycles. The van der Waals surface area contributed by atoms with Gasteiger partial charge in [0.1, 0.15) is 10.1 Å². The maximum atomic E-state index is 12.4. The summed E-state index contributed by atoms with van der Waals surface area (Å²) in [6, 6.07) is 3.84. The molecule has 2 fully saturated rings. The predicted octanol–water partition coefficient (Wildman–Crippen LogP) is 3.32. The highest BCUT2D eigenvalue weighted by Gasteiger charge is 2.32. The Morgan fingerprint density at radius 1 is 1.42 bits per heavy atom. The van der Waals surface area contributed by atoms with Crippen molar-refractivity contribution in [1.29, 1.82) is 0 Å². The average Bonchev–Trinajstić information content (AvgIpc) is 3.16. The minimum Gasteiger partial charge on any atom is -0.465 e. The van der Waals surface area contributed by atoms with Gasteiger partial charge >= 0.3 is 0 Å². The van der Waals surface area contributed by atoms with Crippen LogP contribution in [0.4, 0.5) is 0 Å². The molecule has 7 heteroatoms. The molecule has 0 radical (unpaired) electrons. The highest BCUT2D eigenvalue weighted by molar-refractivity contribution is 8.26. The second kappa shape index (κ2) is 7.98. The normalized spacial score (nSPS) is 20.8. The summed E-state index contributed by atoms with van der Waals surface area (Å²) in [5.41, 5.74) is 0. The molecule has 128 valence electrons. The van der Waals surface area contributed by atoms with Gasteiger partial charge in [-0.15, -0.1) is 0 Å². The zero-order valence-electron chi connectivity index (χ0n) is 13.3. The molecule has 0 bridgehead atoms. The first kappa shape index (κ1) is 17.2. The van der Waals surface area contributed by atoms with Gasteiger partial charge in [0, 0.05) is 25.1 Å². The number of nitrogens with one attached hydrogen (secondary N) is 1. The van der Waals surface area contributed by atoms with Crippen molar-refractivity contribution in [3.63, 3.8) is 0 Å². The molecule has 0 spiro atoms. The zero-order chi connectivity index (χ0) is 16.9. The fourth-order valence-corrected chi connectivity index (χ4v) is 4.24. The number of amides is 2. The predicted molar refractivity (Wildman–Crippen MR) is 98.2 cm³/mol. The van der Waals surface area contributed by atoms with Crippen LogP contribution in [0.1, 0.15) is 44.3 Å². The number of rotatable bonds is 5. The van der Waals surface area contributed by atoms with Crippen LogP contribution < -0.4 is 5.32 Å². The van der Waals surface area contributed by atoms with Gasteiger partial charge < -0.3 is 9.73 Å². The topological polar surface area (TPSA) is 62.6 Å². The Morgan fingerprint density at radius 2 is 2.21 bits per heavy atom. The first-order valence-corrected chi connectivity index (χ1v) is 9.44. The number of hydrogen-bond donors (Lipinski definition) is 1. The summed E-state index contributed by atoms with van der Waals surface area (Å²) in [7, 11) is 0. The third kappa shape index (κ3) is 4.27. The molecule has 24 heavy (non-hydrogen) atoms.